The van der Waals surface area contributed by atoms with E-state index >= 15 is 0 Å². The van der Waals surface area contributed by atoms with Gasteiger partial charge in [-0.05, 0) is 18.6 Å². The van der Waals surface area contributed by atoms with Crippen LogP contribution in [0.2, 0.25) is 0 Å². The molecule has 5 heteroatoms. The van der Waals surface area contributed by atoms with Gasteiger partial charge in [0.2, 0.25) is 0 Å². The maximum absolute atomic E-state index is 5.27. The highest BCUT2D eigenvalue weighted by atomic mass is 32.1. The number of hydrogen-bond donors (Lipinski definition) is 1. The van der Waals surface area contributed by atoms with Gasteiger partial charge in [-0.2, -0.15) is 5.10 Å². The van der Waals surface area contributed by atoms with E-state index in [2.05, 4.69) is 10.2 Å². The summed E-state index contributed by atoms with van der Waals surface area (Å²) in [5.74, 6) is 0.606. The van der Waals surface area contributed by atoms with Crippen molar-refractivity contribution < 1.29 is 4.74 Å². The highest BCUT2D eigenvalue weighted by molar-refractivity contribution is 7.71. The highest BCUT2D eigenvalue weighted by Gasteiger charge is 2.15. The van der Waals surface area contributed by atoms with Gasteiger partial charge in [0, 0.05) is 19.1 Å². The molecule has 12 heavy (non-hydrogen) atoms. The molecule has 1 aliphatic rings. The molecule has 4 nitrogen and oxygen atoms in total. The Labute approximate surface area is 75.5 Å². The molecule has 0 amide bonds. The Bertz CT molecular complexity index is 300. The molecule has 66 valence electrons. The second-order valence-electron chi connectivity index (χ2n) is 3.04. The largest absolute Gasteiger partial charge is 0.381 e. The zero-order valence-electron chi connectivity index (χ0n) is 6.69. The van der Waals surface area contributed by atoms with Crippen LogP contribution in [0.5, 0.6) is 0 Å². The molecule has 1 N–H and O–H groups in total. The summed E-state index contributed by atoms with van der Waals surface area (Å²) in [5, 5.41) is 6.59. The van der Waals surface area contributed by atoms with E-state index in [9.17, 15) is 0 Å². The minimum atomic E-state index is 0.606. The molecule has 1 aromatic rings. The Morgan fingerprint density at radius 2 is 2.75 bits per heavy atom. The van der Waals surface area contributed by atoms with Crippen LogP contribution in [0, 0.1) is 10.7 Å². The van der Waals surface area contributed by atoms with Crippen molar-refractivity contribution >= 4 is 12.2 Å². The molecule has 0 saturated carbocycles. The number of H-pyrrole nitrogens is 1. The summed E-state index contributed by atoms with van der Waals surface area (Å²) in [6.45, 7) is 2.66. The quantitative estimate of drug-likeness (QED) is 0.698. The second kappa shape index (κ2) is 3.37. The molecule has 2 heterocycles. The van der Waals surface area contributed by atoms with Crippen LogP contribution in [-0.2, 0) is 11.3 Å². The minimum absolute atomic E-state index is 0.606. The van der Waals surface area contributed by atoms with Gasteiger partial charge in [-0.15, -0.1) is 0 Å². The van der Waals surface area contributed by atoms with Gasteiger partial charge in [0.15, 0.2) is 4.77 Å². The molecule has 1 aromatic heterocycles. The van der Waals surface area contributed by atoms with Crippen molar-refractivity contribution in [1.82, 2.24) is 14.8 Å². The maximum atomic E-state index is 5.27. The molecule has 1 fully saturated rings. The summed E-state index contributed by atoms with van der Waals surface area (Å²) < 4.78 is 7.92. The fourth-order valence-corrected chi connectivity index (χ4v) is 1.58. The summed E-state index contributed by atoms with van der Waals surface area (Å²) >= 11 is 5.02. The molecule has 1 atom stereocenters. The number of rotatable bonds is 2. The van der Waals surface area contributed by atoms with E-state index in [1.807, 2.05) is 4.57 Å². The molecule has 1 unspecified atom stereocenters. The molecule has 0 aliphatic carbocycles. The van der Waals surface area contributed by atoms with E-state index in [-0.39, 0.29) is 0 Å². The maximum Gasteiger partial charge on any atom is 0.194 e. The van der Waals surface area contributed by atoms with Crippen LogP contribution in [0.25, 0.3) is 0 Å². The number of ether oxygens (including phenoxy) is 1. The summed E-state index contributed by atoms with van der Waals surface area (Å²) in [7, 11) is 0. The molecule has 0 radical (unpaired) electrons. The molecule has 1 aliphatic heterocycles. The Hall–Kier alpha value is -0.680. The average molecular weight is 185 g/mol. The van der Waals surface area contributed by atoms with Gasteiger partial charge in [0.05, 0.1) is 6.61 Å². The van der Waals surface area contributed by atoms with E-state index in [0.29, 0.717) is 10.7 Å². The van der Waals surface area contributed by atoms with Gasteiger partial charge < -0.3 is 9.30 Å². The second-order valence-corrected chi connectivity index (χ2v) is 3.43. The van der Waals surface area contributed by atoms with Crippen LogP contribution < -0.4 is 0 Å². The smallest absolute Gasteiger partial charge is 0.194 e. The van der Waals surface area contributed by atoms with Crippen molar-refractivity contribution in [2.24, 2.45) is 5.92 Å². The van der Waals surface area contributed by atoms with Gasteiger partial charge in [-0.25, -0.2) is 0 Å². The van der Waals surface area contributed by atoms with Crippen LogP contribution in [-0.4, -0.2) is 28.0 Å². The van der Waals surface area contributed by atoms with Crippen molar-refractivity contribution in [2.75, 3.05) is 13.2 Å². The number of hydrogen-bond acceptors (Lipinski definition) is 3. The van der Waals surface area contributed by atoms with Crippen molar-refractivity contribution in [3.63, 3.8) is 0 Å². The monoisotopic (exact) mass is 185 g/mol. The lowest BCUT2D eigenvalue weighted by Crippen LogP contribution is -2.09. The van der Waals surface area contributed by atoms with E-state index < -0.39 is 0 Å². The molecular formula is C7H11N3OS. The standard InChI is InChI=1S/C7H11N3OS/c12-7-9-8-5-10(7)3-6-1-2-11-4-6/h5-6H,1-4H2,(H,9,12). The van der Waals surface area contributed by atoms with E-state index in [4.69, 9.17) is 17.0 Å². The predicted octanol–water partition coefficient (Wildman–Crippen LogP) is 0.977. The lowest BCUT2D eigenvalue weighted by atomic mass is 10.1. The summed E-state index contributed by atoms with van der Waals surface area (Å²) in [5.41, 5.74) is 0. The summed E-state index contributed by atoms with van der Waals surface area (Å²) in [6.07, 6.45) is 2.87. The predicted molar refractivity (Wildman–Crippen MR) is 46.3 cm³/mol. The first kappa shape index (κ1) is 7.94. The van der Waals surface area contributed by atoms with Gasteiger partial charge in [0.1, 0.15) is 6.33 Å². The lowest BCUT2D eigenvalue weighted by Gasteiger charge is -2.06. The highest BCUT2D eigenvalue weighted by Crippen LogP contribution is 2.14. The van der Waals surface area contributed by atoms with Crippen LogP contribution >= 0.6 is 12.2 Å². The van der Waals surface area contributed by atoms with Crippen molar-refractivity contribution in [3.8, 4) is 0 Å². The fraction of sp³-hybridized carbons (Fsp3) is 0.714. The number of nitrogens with zero attached hydrogens (tertiary/aromatic N) is 2. The van der Waals surface area contributed by atoms with Gasteiger partial charge in [-0.3, -0.25) is 5.10 Å². The lowest BCUT2D eigenvalue weighted by molar-refractivity contribution is 0.182. The van der Waals surface area contributed by atoms with Crippen molar-refractivity contribution in [2.45, 2.75) is 13.0 Å². The van der Waals surface area contributed by atoms with E-state index in [1.54, 1.807) is 6.33 Å². The first-order chi connectivity index (χ1) is 5.86. The Morgan fingerprint density at radius 1 is 1.83 bits per heavy atom. The summed E-state index contributed by atoms with van der Waals surface area (Å²) in [6, 6.07) is 0. The zero-order valence-corrected chi connectivity index (χ0v) is 7.51. The SMILES string of the molecule is S=c1[nH]ncn1CC1CCOC1. The first-order valence-electron chi connectivity index (χ1n) is 4.04. The van der Waals surface area contributed by atoms with Crippen LogP contribution in [0.4, 0.5) is 0 Å². The normalized spacial score (nSPS) is 23.2. The molecular weight excluding hydrogens is 174 g/mol. The number of nitrogens with one attached hydrogen (secondary N) is 1. The average Bonchev–Trinajstić information content (AvgIpc) is 2.65. The molecule has 0 aromatic carbocycles. The Kier molecular flexibility index (Phi) is 2.23. The van der Waals surface area contributed by atoms with Gasteiger partial charge >= 0.3 is 0 Å². The number of aromatic amines is 1. The van der Waals surface area contributed by atoms with E-state index in [1.165, 1.54) is 0 Å². The van der Waals surface area contributed by atoms with Crippen molar-refractivity contribution in [1.29, 1.82) is 0 Å². The first-order valence-corrected chi connectivity index (χ1v) is 4.44. The third-order valence-electron chi connectivity index (χ3n) is 2.10. The van der Waals surface area contributed by atoms with Crippen LogP contribution in [0.15, 0.2) is 6.33 Å². The topological polar surface area (TPSA) is 42.8 Å². The van der Waals surface area contributed by atoms with Gasteiger partial charge in [-0.1, -0.05) is 0 Å². The molecule has 0 spiro atoms. The third kappa shape index (κ3) is 1.56. The summed E-state index contributed by atoms with van der Waals surface area (Å²) in [4.78, 5) is 0. The van der Waals surface area contributed by atoms with Crippen molar-refractivity contribution in [3.05, 3.63) is 11.1 Å². The van der Waals surface area contributed by atoms with E-state index in [0.717, 1.165) is 26.2 Å². The molecule has 1 saturated heterocycles. The number of aromatic nitrogens is 3. The van der Waals surface area contributed by atoms with Crippen LogP contribution in [0.3, 0.4) is 0 Å². The minimum Gasteiger partial charge on any atom is -0.381 e. The fourth-order valence-electron chi connectivity index (χ4n) is 1.41. The molecule has 0 bridgehead atoms. The zero-order chi connectivity index (χ0) is 8.39. The molecule has 2 rings (SSSR count). The van der Waals surface area contributed by atoms with Crippen LogP contribution in [0.1, 0.15) is 6.42 Å². The van der Waals surface area contributed by atoms with Gasteiger partial charge in [0.25, 0.3) is 0 Å². The Morgan fingerprint density at radius 3 is 3.33 bits per heavy atom. The Balaban J connectivity index is 2.03. The third-order valence-corrected chi connectivity index (χ3v) is 2.42.